The molecule has 0 radical (unpaired) electrons. The monoisotopic (exact) mass is 286 g/mol. The molecular weight excluding hydrogens is 268 g/mol. The van der Waals surface area contributed by atoms with Gasteiger partial charge in [0, 0.05) is 36.4 Å². The molecule has 1 saturated heterocycles. The Morgan fingerprint density at radius 1 is 1.43 bits per heavy atom. The second-order valence-electron chi connectivity index (χ2n) is 5.34. The highest BCUT2D eigenvalue weighted by atomic mass is 16.4. The van der Waals surface area contributed by atoms with E-state index in [0.717, 1.165) is 29.3 Å². The highest BCUT2D eigenvalue weighted by Crippen LogP contribution is 2.24. The van der Waals surface area contributed by atoms with Crippen molar-refractivity contribution in [1.82, 2.24) is 9.88 Å². The molecule has 2 aromatic rings. The van der Waals surface area contributed by atoms with Crippen LogP contribution in [0.15, 0.2) is 30.5 Å². The van der Waals surface area contributed by atoms with Gasteiger partial charge in [0.15, 0.2) is 0 Å². The van der Waals surface area contributed by atoms with E-state index in [4.69, 9.17) is 10.8 Å². The van der Waals surface area contributed by atoms with E-state index >= 15 is 0 Å². The molecule has 1 aromatic carbocycles. The first-order valence-corrected chi connectivity index (χ1v) is 7.02. The zero-order valence-corrected chi connectivity index (χ0v) is 11.6. The molecule has 1 aromatic heterocycles. The molecule has 1 aliphatic heterocycles. The van der Waals surface area contributed by atoms with Crippen LogP contribution in [0.1, 0.15) is 12.8 Å². The molecule has 0 saturated carbocycles. The van der Waals surface area contributed by atoms with Gasteiger partial charge in [0.2, 0.25) is 0 Å². The number of rotatable bonds is 2. The number of nitrogens with zero attached hydrogens (tertiary/aromatic N) is 2. The van der Waals surface area contributed by atoms with Crippen LogP contribution in [0.2, 0.25) is 0 Å². The van der Waals surface area contributed by atoms with Crippen LogP contribution in [0.3, 0.4) is 0 Å². The average molecular weight is 286 g/mol. The lowest BCUT2D eigenvalue weighted by atomic mass is 10.1. The van der Waals surface area contributed by atoms with Gasteiger partial charge in [0.25, 0.3) is 0 Å². The van der Waals surface area contributed by atoms with Crippen molar-refractivity contribution in [3.8, 4) is 0 Å². The minimum absolute atomic E-state index is 0.145. The number of piperidine rings is 1. The van der Waals surface area contributed by atoms with Crippen LogP contribution in [0.4, 0.5) is 16.3 Å². The van der Waals surface area contributed by atoms with E-state index in [9.17, 15) is 4.79 Å². The predicted octanol–water partition coefficient (Wildman–Crippen LogP) is 2.37. The van der Waals surface area contributed by atoms with Crippen LogP contribution >= 0.6 is 0 Å². The van der Waals surface area contributed by atoms with Gasteiger partial charge in [0.1, 0.15) is 5.82 Å². The Hall–Kier alpha value is -2.50. The van der Waals surface area contributed by atoms with Crippen molar-refractivity contribution in [2.24, 2.45) is 0 Å². The minimum Gasteiger partial charge on any atom is -0.465 e. The smallest absolute Gasteiger partial charge is 0.407 e. The molecule has 1 atom stereocenters. The first-order chi connectivity index (χ1) is 10.1. The van der Waals surface area contributed by atoms with Crippen LogP contribution in [-0.4, -0.2) is 40.2 Å². The van der Waals surface area contributed by atoms with E-state index < -0.39 is 6.09 Å². The van der Waals surface area contributed by atoms with Gasteiger partial charge in [-0.1, -0.05) is 0 Å². The number of hydrogen-bond acceptors (Lipinski definition) is 4. The second-order valence-corrected chi connectivity index (χ2v) is 5.34. The molecular formula is C15H18N4O2. The Balaban J connectivity index is 1.77. The van der Waals surface area contributed by atoms with Gasteiger partial charge in [0.05, 0.1) is 0 Å². The summed E-state index contributed by atoms with van der Waals surface area (Å²) in [5.74, 6) is 0.522. The lowest BCUT2D eigenvalue weighted by Crippen LogP contribution is -2.44. The normalized spacial score (nSPS) is 18.7. The van der Waals surface area contributed by atoms with Gasteiger partial charge in [-0.3, -0.25) is 0 Å². The Bertz CT molecular complexity index is 674. The number of benzene rings is 1. The number of nitrogen functional groups attached to an aromatic ring is 1. The van der Waals surface area contributed by atoms with Gasteiger partial charge < -0.3 is 21.1 Å². The standard InChI is InChI=1S/C15H18N4O2/c16-14-13-4-3-11(8-10(13)5-6-17-14)18-12-2-1-7-19(9-12)15(20)21/h3-6,8,12,18H,1-2,7,9H2,(H2,16,17)(H,20,21). The van der Waals surface area contributed by atoms with Crippen LogP contribution < -0.4 is 11.1 Å². The molecule has 1 unspecified atom stereocenters. The first-order valence-electron chi connectivity index (χ1n) is 7.02. The zero-order chi connectivity index (χ0) is 14.8. The van der Waals surface area contributed by atoms with Crippen molar-refractivity contribution in [3.05, 3.63) is 30.5 Å². The number of likely N-dealkylation sites (tertiary alicyclic amines) is 1. The van der Waals surface area contributed by atoms with Crippen molar-refractivity contribution in [2.45, 2.75) is 18.9 Å². The first kappa shape index (κ1) is 13.5. The number of nitrogens with one attached hydrogen (secondary N) is 1. The molecule has 110 valence electrons. The molecule has 1 amide bonds. The molecule has 1 fully saturated rings. The average Bonchev–Trinajstić information content (AvgIpc) is 2.47. The third kappa shape index (κ3) is 2.84. The van der Waals surface area contributed by atoms with Crippen molar-refractivity contribution in [3.63, 3.8) is 0 Å². The van der Waals surface area contributed by atoms with Crippen LogP contribution in [-0.2, 0) is 0 Å². The Labute approximate surface area is 122 Å². The quantitative estimate of drug-likeness (QED) is 0.788. The number of carbonyl (C=O) groups is 1. The van der Waals surface area contributed by atoms with E-state index in [1.165, 1.54) is 4.90 Å². The van der Waals surface area contributed by atoms with E-state index in [2.05, 4.69) is 10.3 Å². The number of hydrogen-bond donors (Lipinski definition) is 3. The van der Waals surface area contributed by atoms with Crippen LogP contribution in [0.5, 0.6) is 0 Å². The van der Waals surface area contributed by atoms with Gasteiger partial charge >= 0.3 is 6.09 Å². The van der Waals surface area contributed by atoms with Crippen molar-refractivity contribution in [1.29, 1.82) is 0 Å². The molecule has 3 rings (SSSR count). The van der Waals surface area contributed by atoms with E-state index in [0.29, 0.717) is 18.9 Å². The number of fused-ring (bicyclic) bond motifs is 1. The molecule has 0 bridgehead atoms. The second kappa shape index (κ2) is 5.47. The summed E-state index contributed by atoms with van der Waals surface area (Å²) in [6, 6.07) is 7.98. The molecule has 21 heavy (non-hydrogen) atoms. The molecule has 6 nitrogen and oxygen atoms in total. The largest absolute Gasteiger partial charge is 0.465 e. The maximum atomic E-state index is 11.0. The molecule has 4 N–H and O–H groups in total. The van der Waals surface area contributed by atoms with Gasteiger partial charge in [-0.25, -0.2) is 9.78 Å². The fourth-order valence-electron chi connectivity index (χ4n) is 2.80. The summed E-state index contributed by atoms with van der Waals surface area (Å²) in [6.07, 6.45) is 2.70. The van der Waals surface area contributed by atoms with Crippen LogP contribution in [0.25, 0.3) is 10.8 Å². The van der Waals surface area contributed by atoms with Gasteiger partial charge in [-0.2, -0.15) is 0 Å². The number of pyridine rings is 1. The van der Waals surface area contributed by atoms with E-state index in [1.807, 2.05) is 24.3 Å². The van der Waals surface area contributed by atoms with Gasteiger partial charge in [-0.05, 0) is 42.5 Å². The van der Waals surface area contributed by atoms with Crippen molar-refractivity contribution in [2.75, 3.05) is 24.1 Å². The van der Waals surface area contributed by atoms with E-state index in [-0.39, 0.29) is 6.04 Å². The summed E-state index contributed by atoms with van der Waals surface area (Å²) in [5.41, 5.74) is 6.82. The Morgan fingerprint density at radius 3 is 3.10 bits per heavy atom. The molecule has 0 aliphatic carbocycles. The summed E-state index contributed by atoms with van der Waals surface area (Å²) in [7, 11) is 0. The topological polar surface area (TPSA) is 91.5 Å². The summed E-state index contributed by atoms with van der Waals surface area (Å²) in [5, 5.41) is 14.4. The maximum Gasteiger partial charge on any atom is 0.407 e. The highest BCUT2D eigenvalue weighted by Gasteiger charge is 2.22. The van der Waals surface area contributed by atoms with Crippen molar-refractivity contribution < 1.29 is 9.90 Å². The lowest BCUT2D eigenvalue weighted by molar-refractivity contribution is 0.133. The summed E-state index contributed by atoms with van der Waals surface area (Å²) >= 11 is 0. The van der Waals surface area contributed by atoms with E-state index in [1.54, 1.807) is 6.20 Å². The minimum atomic E-state index is -0.848. The zero-order valence-electron chi connectivity index (χ0n) is 11.6. The fraction of sp³-hybridized carbons (Fsp3) is 0.333. The number of anilines is 2. The highest BCUT2D eigenvalue weighted by molar-refractivity contribution is 5.92. The van der Waals surface area contributed by atoms with Crippen molar-refractivity contribution >= 4 is 28.4 Å². The SMILES string of the molecule is Nc1nccc2cc(NC3CCCN(C(=O)O)C3)ccc12. The summed E-state index contributed by atoms with van der Waals surface area (Å²) in [6.45, 7) is 1.14. The number of carboxylic acid groups (broad SMARTS) is 1. The number of amides is 1. The van der Waals surface area contributed by atoms with Crippen LogP contribution in [0, 0.1) is 0 Å². The third-order valence-corrected chi connectivity index (χ3v) is 3.86. The summed E-state index contributed by atoms with van der Waals surface area (Å²) < 4.78 is 0. The molecule has 2 heterocycles. The fourth-order valence-corrected chi connectivity index (χ4v) is 2.80. The lowest BCUT2D eigenvalue weighted by Gasteiger charge is -2.31. The third-order valence-electron chi connectivity index (χ3n) is 3.86. The van der Waals surface area contributed by atoms with Gasteiger partial charge in [-0.15, -0.1) is 0 Å². The molecule has 6 heteroatoms. The Morgan fingerprint density at radius 2 is 2.29 bits per heavy atom. The number of nitrogens with two attached hydrogens (primary N) is 1. The maximum absolute atomic E-state index is 11.0. The molecule has 1 aliphatic rings. The molecule has 0 spiro atoms. The summed E-state index contributed by atoms with van der Waals surface area (Å²) in [4.78, 5) is 16.6. The number of aromatic nitrogens is 1. The Kier molecular flexibility index (Phi) is 3.51. The predicted molar refractivity (Wildman–Crippen MR) is 82.4 cm³/mol.